The fourth-order valence-electron chi connectivity index (χ4n) is 1.52. The average Bonchev–Trinajstić information content (AvgIpc) is 2.58. The van der Waals surface area contributed by atoms with Gasteiger partial charge in [-0.2, -0.15) is 0 Å². The zero-order valence-electron chi connectivity index (χ0n) is 8.83. The van der Waals surface area contributed by atoms with Crippen molar-refractivity contribution < 1.29 is 8.81 Å². The van der Waals surface area contributed by atoms with Gasteiger partial charge in [0.15, 0.2) is 0 Å². The van der Waals surface area contributed by atoms with Crippen LogP contribution in [0.2, 0.25) is 0 Å². The molecule has 80 valence electrons. The molecule has 2 aromatic rings. The molecule has 0 aliphatic rings. The molecule has 2 nitrogen and oxygen atoms in total. The van der Waals surface area contributed by atoms with E-state index in [2.05, 4.69) is 0 Å². The molecule has 0 saturated carbocycles. The highest BCUT2D eigenvalue weighted by Gasteiger charge is 2.15. The lowest BCUT2D eigenvalue weighted by molar-refractivity contribution is 0.468. The quantitative estimate of drug-likeness (QED) is 0.822. The van der Waals surface area contributed by atoms with Crippen molar-refractivity contribution in [1.82, 2.24) is 0 Å². The predicted octanol–water partition coefficient (Wildman–Crippen LogP) is 3.02. The third-order valence-corrected chi connectivity index (χ3v) is 2.73. The molecule has 0 fully saturated rings. The van der Waals surface area contributed by atoms with E-state index in [1.54, 1.807) is 6.07 Å². The third-order valence-electron chi connectivity index (χ3n) is 2.73. The number of nitrogens with two attached hydrogens (primary N) is 1. The van der Waals surface area contributed by atoms with Crippen LogP contribution in [-0.2, 0) is 0 Å². The van der Waals surface area contributed by atoms with Gasteiger partial charge in [-0.25, -0.2) is 4.39 Å². The van der Waals surface area contributed by atoms with E-state index >= 15 is 0 Å². The summed E-state index contributed by atoms with van der Waals surface area (Å²) in [5.41, 5.74) is 6.49. The van der Waals surface area contributed by atoms with E-state index in [9.17, 15) is 4.39 Å². The maximum atomic E-state index is 12.9. The molecular weight excluding hydrogens is 193 g/mol. The standard InChI is InChI=1S/C12H14FNO/c1-7(8(2)14)12-6-9-5-10(13)3-4-11(9)15-12/h3-8H,14H2,1-2H3. The molecule has 0 aliphatic carbocycles. The molecule has 15 heavy (non-hydrogen) atoms. The van der Waals surface area contributed by atoms with Crippen LogP contribution in [0.1, 0.15) is 25.5 Å². The van der Waals surface area contributed by atoms with Gasteiger partial charge in [0.05, 0.1) is 0 Å². The molecule has 0 bridgehead atoms. The maximum Gasteiger partial charge on any atom is 0.134 e. The first-order valence-corrected chi connectivity index (χ1v) is 5.02. The van der Waals surface area contributed by atoms with Crippen molar-refractivity contribution in [3.63, 3.8) is 0 Å². The van der Waals surface area contributed by atoms with Crippen LogP contribution < -0.4 is 5.73 Å². The van der Waals surface area contributed by atoms with Crippen molar-refractivity contribution in [2.45, 2.75) is 25.8 Å². The van der Waals surface area contributed by atoms with Crippen LogP contribution in [0.3, 0.4) is 0 Å². The first-order chi connectivity index (χ1) is 7.08. The molecule has 3 heteroatoms. The van der Waals surface area contributed by atoms with Crippen LogP contribution in [-0.4, -0.2) is 6.04 Å². The Morgan fingerprint density at radius 3 is 2.67 bits per heavy atom. The molecule has 0 aliphatic heterocycles. The highest BCUT2D eigenvalue weighted by molar-refractivity contribution is 5.78. The minimum Gasteiger partial charge on any atom is -0.461 e. The number of fused-ring (bicyclic) bond motifs is 1. The molecule has 0 radical (unpaired) electrons. The molecule has 1 aromatic carbocycles. The highest BCUT2D eigenvalue weighted by atomic mass is 19.1. The summed E-state index contributed by atoms with van der Waals surface area (Å²) in [7, 11) is 0. The van der Waals surface area contributed by atoms with E-state index in [1.807, 2.05) is 19.9 Å². The summed E-state index contributed by atoms with van der Waals surface area (Å²) in [6.45, 7) is 3.93. The molecule has 2 N–H and O–H groups in total. The van der Waals surface area contributed by atoms with Crippen molar-refractivity contribution >= 4 is 11.0 Å². The van der Waals surface area contributed by atoms with Gasteiger partial charge in [-0.1, -0.05) is 6.92 Å². The van der Waals surface area contributed by atoms with Gasteiger partial charge in [-0.3, -0.25) is 0 Å². The van der Waals surface area contributed by atoms with Gasteiger partial charge >= 0.3 is 0 Å². The van der Waals surface area contributed by atoms with Crippen molar-refractivity contribution in [3.05, 3.63) is 35.8 Å². The number of halogens is 1. The summed E-state index contributed by atoms with van der Waals surface area (Å²) in [6.07, 6.45) is 0. The Balaban J connectivity index is 2.47. The van der Waals surface area contributed by atoms with E-state index in [1.165, 1.54) is 12.1 Å². The van der Waals surface area contributed by atoms with Gasteiger partial charge in [0.2, 0.25) is 0 Å². The van der Waals surface area contributed by atoms with Crippen LogP contribution in [0.15, 0.2) is 28.7 Å². The predicted molar refractivity (Wildman–Crippen MR) is 58.2 cm³/mol. The SMILES string of the molecule is CC(N)C(C)c1cc2cc(F)ccc2o1. The molecule has 2 atom stereocenters. The number of benzene rings is 1. The Kier molecular flexibility index (Phi) is 2.49. The zero-order valence-corrected chi connectivity index (χ0v) is 8.83. The van der Waals surface area contributed by atoms with Crippen molar-refractivity contribution in [2.75, 3.05) is 0 Å². The monoisotopic (exact) mass is 207 g/mol. The average molecular weight is 207 g/mol. The Hall–Kier alpha value is -1.35. The number of hydrogen-bond donors (Lipinski definition) is 1. The summed E-state index contributed by atoms with van der Waals surface area (Å²) in [6, 6.07) is 6.38. The minimum absolute atomic E-state index is 0.0235. The number of rotatable bonds is 2. The second-order valence-electron chi connectivity index (χ2n) is 3.98. The van der Waals surface area contributed by atoms with Crippen LogP contribution >= 0.6 is 0 Å². The maximum absolute atomic E-state index is 12.9. The van der Waals surface area contributed by atoms with E-state index in [0.717, 1.165) is 11.1 Å². The largest absolute Gasteiger partial charge is 0.461 e. The summed E-state index contributed by atoms with van der Waals surface area (Å²) in [4.78, 5) is 0. The van der Waals surface area contributed by atoms with Crippen LogP contribution in [0.4, 0.5) is 4.39 Å². The van der Waals surface area contributed by atoms with Crippen LogP contribution in [0, 0.1) is 5.82 Å². The lowest BCUT2D eigenvalue weighted by Gasteiger charge is -2.11. The van der Waals surface area contributed by atoms with E-state index in [0.29, 0.717) is 5.58 Å². The molecular formula is C12H14FNO. The summed E-state index contributed by atoms with van der Waals surface area (Å²) in [5.74, 6) is 0.703. The second-order valence-corrected chi connectivity index (χ2v) is 3.98. The third kappa shape index (κ3) is 1.88. The Morgan fingerprint density at radius 2 is 2.00 bits per heavy atom. The van der Waals surface area contributed by atoms with Gasteiger partial charge in [-0.05, 0) is 31.2 Å². The molecule has 0 spiro atoms. The number of hydrogen-bond acceptors (Lipinski definition) is 2. The molecule has 1 aromatic heterocycles. The van der Waals surface area contributed by atoms with Gasteiger partial charge in [0.1, 0.15) is 17.2 Å². The molecule has 0 saturated heterocycles. The second kappa shape index (κ2) is 3.66. The van der Waals surface area contributed by atoms with E-state index in [-0.39, 0.29) is 17.8 Å². The Bertz CT molecular complexity index is 475. The molecule has 1 heterocycles. The fraction of sp³-hybridized carbons (Fsp3) is 0.333. The van der Waals surface area contributed by atoms with Crippen LogP contribution in [0.25, 0.3) is 11.0 Å². The zero-order chi connectivity index (χ0) is 11.0. The molecule has 2 rings (SSSR count). The van der Waals surface area contributed by atoms with Gasteiger partial charge in [-0.15, -0.1) is 0 Å². The normalized spacial score (nSPS) is 15.5. The Labute approximate surface area is 87.9 Å². The van der Waals surface area contributed by atoms with Gasteiger partial charge in [0, 0.05) is 17.3 Å². The number of furan rings is 1. The van der Waals surface area contributed by atoms with Crippen molar-refractivity contribution in [2.24, 2.45) is 5.73 Å². The first-order valence-electron chi connectivity index (χ1n) is 5.02. The fourth-order valence-corrected chi connectivity index (χ4v) is 1.52. The molecule has 0 amide bonds. The minimum atomic E-state index is -0.247. The summed E-state index contributed by atoms with van der Waals surface area (Å²) in [5, 5.41) is 0.789. The van der Waals surface area contributed by atoms with Crippen molar-refractivity contribution in [1.29, 1.82) is 0 Å². The first kappa shape index (κ1) is 10.2. The highest BCUT2D eigenvalue weighted by Crippen LogP contribution is 2.26. The lowest BCUT2D eigenvalue weighted by atomic mass is 10.0. The molecule has 2 unspecified atom stereocenters. The smallest absolute Gasteiger partial charge is 0.134 e. The summed E-state index contributed by atoms with van der Waals surface area (Å²) < 4.78 is 18.5. The summed E-state index contributed by atoms with van der Waals surface area (Å²) >= 11 is 0. The topological polar surface area (TPSA) is 39.2 Å². The van der Waals surface area contributed by atoms with E-state index in [4.69, 9.17) is 10.2 Å². The van der Waals surface area contributed by atoms with Gasteiger partial charge in [0.25, 0.3) is 0 Å². The van der Waals surface area contributed by atoms with Gasteiger partial charge < -0.3 is 10.2 Å². The Morgan fingerprint density at radius 1 is 1.27 bits per heavy atom. The van der Waals surface area contributed by atoms with E-state index < -0.39 is 0 Å². The van der Waals surface area contributed by atoms with Crippen LogP contribution in [0.5, 0.6) is 0 Å². The van der Waals surface area contributed by atoms with Crippen molar-refractivity contribution in [3.8, 4) is 0 Å². The lowest BCUT2D eigenvalue weighted by Crippen LogP contribution is -2.21.